The molecule has 94 valence electrons. The van der Waals surface area contributed by atoms with Gasteiger partial charge in [-0.15, -0.1) is 0 Å². The molecule has 0 spiro atoms. The summed E-state index contributed by atoms with van der Waals surface area (Å²) < 4.78 is 30.4. The molecule has 0 atom stereocenters. The molecule has 2 rings (SSSR count). The second-order valence-corrected chi connectivity index (χ2v) is 5.79. The maximum absolute atomic E-state index is 11.2. The number of nitrogens with one attached hydrogen (secondary N) is 1. The third-order valence-corrected chi connectivity index (χ3v) is 2.86. The Labute approximate surface area is 100 Å². The molecule has 0 aromatic carbocycles. The lowest BCUT2D eigenvalue weighted by Crippen LogP contribution is -2.14. The smallest absolute Gasteiger partial charge is 0.231 e. The topological polar surface area (TPSA) is 94.3 Å². The third-order valence-electron chi connectivity index (χ3n) is 2.30. The lowest BCUT2D eigenvalue weighted by molar-refractivity contribution is 0.300. The largest absolute Gasteiger partial charge is 0.486 e. The first-order valence-corrected chi connectivity index (χ1v) is 7.21. The number of pyridine rings is 1. The van der Waals surface area contributed by atoms with Crippen LogP contribution in [0.3, 0.4) is 0 Å². The SMILES string of the molecule is CS(=O)(=O)Nc1nccc(CN)c1OC1CC1. The molecule has 6 nitrogen and oxygen atoms in total. The molecule has 1 aliphatic carbocycles. The molecule has 1 heterocycles. The minimum atomic E-state index is -3.37. The Kier molecular flexibility index (Phi) is 3.21. The van der Waals surface area contributed by atoms with Crippen LogP contribution in [0.15, 0.2) is 12.3 Å². The van der Waals surface area contributed by atoms with Gasteiger partial charge in [-0.05, 0) is 18.9 Å². The summed E-state index contributed by atoms with van der Waals surface area (Å²) in [5.41, 5.74) is 6.34. The number of rotatable bonds is 5. The van der Waals surface area contributed by atoms with E-state index in [1.54, 1.807) is 6.07 Å². The van der Waals surface area contributed by atoms with Crippen molar-refractivity contribution in [2.45, 2.75) is 25.5 Å². The first kappa shape index (κ1) is 12.1. The molecule has 1 fully saturated rings. The second-order valence-electron chi connectivity index (χ2n) is 4.04. The molecule has 0 unspecified atom stereocenters. The molecule has 7 heteroatoms. The van der Waals surface area contributed by atoms with Gasteiger partial charge in [0.05, 0.1) is 12.4 Å². The lowest BCUT2D eigenvalue weighted by Gasteiger charge is -2.14. The number of anilines is 1. The van der Waals surface area contributed by atoms with Crippen molar-refractivity contribution in [3.63, 3.8) is 0 Å². The van der Waals surface area contributed by atoms with Gasteiger partial charge in [0.15, 0.2) is 11.6 Å². The molecule has 3 N–H and O–H groups in total. The summed E-state index contributed by atoms with van der Waals surface area (Å²) >= 11 is 0. The van der Waals surface area contributed by atoms with Crippen molar-refractivity contribution >= 4 is 15.8 Å². The van der Waals surface area contributed by atoms with Gasteiger partial charge >= 0.3 is 0 Å². The van der Waals surface area contributed by atoms with Gasteiger partial charge in [0, 0.05) is 18.3 Å². The van der Waals surface area contributed by atoms with Crippen molar-refractivity contribution < 1.29 is 13.2 Å². The van der Waals surface area contributed by atoms with Crippen LogP contribution in [0.1, 0.15) is 18.4 Å². The maximum atomic E-state index is 11.2. The first-order valence-electron chi connectivity index (χ1n) is 5.32. The maximum Gasteiger partial charge on any atom is 0.231 e. The number of ether oxygens (including phenoxy) is 1. The Bertz CT molecular complexity index is 512. The average Bonchev–Trinajstić information content (AvgIpc) is 3.02. The van der Waals surface area contributed by atoms with Gasteiger partial charge in [0.1, 0.15) is 0 Å². The van der Waals surface area contributed by atoms with E-state index in [1.807, 2.05) is 0 Å². The molecule has 1 aliphatic rings. The fourth-order valence-corrected chi connectivity index (χ4v) is 1.88. The second kappa shape index (κ2) is 4.50. The average molecular weight is 257 g/mol. The zero-order chi connectivity index (χ0) is 12.5. The van der Waals surface area contributed by atoms with Crippen molar-refractivity contribution in [2.75, 3.05) is 11.0 Å². The number of nitrogens with zero attached hydrogens (tertiary/aromatic N) is 1. The zero-order valence-corrected chi connectivity index (χ0v) is 10.3. The minimum absolute atomic E-state index is 0.157. The Morgan fingerprint density at radius 1 is 1.59 bits per heavy atom. The monoisotopic (exact) mass is 257 g/mol. The highest BCUT2D eigenvalue weighted by Crippen LogP contribution is 2.33. The Balaban J connectivity index is 2.34. The summed E-state index contributed by atoms with van der Waals surface area (Å²) in [6, 6.07) is 1.73. The van der Waals surface area contributed by atoms with E-state index in [4.69, 9.17) is 10.5 Å². The van der Waals surface area contributed by atoms with E-state index in [0.29, 0.717) is 5.75 Å². The van der Waals surface area contributed by atoms with Crippen LogP contribution in [-0.2, 0) is 16.6 Å². The summed E-state index contributed by atoms with van der Waals surface area (Å²) in [7, 11) is -3.37. The van der Waals surface area contributed by atoms with Gasteiger partial charge in [-0.3, -0.25) is 4.72 Å². The van der Waals surface area contributed by atoms with Crippen molar-refractivity contribution in [3.05, 3.63) is 17.8 Å². The van der Waals surface area contributed by atoms with Crippen LogP contribution in [-0.4, -0.2) is 25.8 Å². The van der Waals surface area contributed by atoms with Crippen molar-refractivity contribution in [1.29, 1.82) is 0 Å². The van der Waals surface area contributed by atoms with Crippen LogP contribution in [0.25, 0.3) is 0 Å². The van der Waals surface area contributed by atoms with E-state index in [2.05, 4.69) is 9.71 Å². The Hall–Kier alpha value is -1.34. The van der Waals surface area contributed by atoms with Crippen LogP contribution < -0.4 is 15.2 Å². The molecule has 17 heavy (non-hydrogen) atoms. The van der Waals surface area contributed by atoms with E-state index >= 15 is 0 Å². The number of hydrogen-bond donors (Lipinski definition) is 2. The molecule has 0 saturated heterocycles. The van der Waals surface area contributed by atoms with E-state index < -0.39 is 10.0 Å². The first-order chi connectivity index (χ1) is 7.99. The number of sulfonamides is 1. The molecule has 0 amide bonds. The summed E-state index contributed by atoms with van der Waals surface area (Å²) in [5, 5.41) is 0. The molecule has 0 bridgehead atoms. The summed E-state index contributed by atoms with van der Waals surface area (Å²) in [6.07, 6.45) is 4.71. The third kappa shape index (κ3) is 3.31. The lowest BCUT2D eigenvalue weighted by atomic mass is 10.2. The molecule has 1 aromatic rings. The van der Waals surface area contributed by atoms with Gasteiger partial charge in [-0.1, -0.05) is 0 Å². The van der Waals surface area contributed by atoms with Crippen LogP contribution in [0.5, 0.6) is 5.75 Å². The zero-order valence-electron chi connectivity index (χ0n) is 9.51. The highest BCUT2D eigenvalue weighted by atomic mass is 32.2. The summed E-state index contributed by atoms with van der Waals surface area (Å²) in [6.45, 7) is 0.281. The molecular weight excluding hydrogens is 242 g/mol. The van der Waals surface area contributed by atoms with Crippen molar-refractivity contribution in [1.82, 2.24) is 4.98 Å². The Morgan fingerprint density at radius 2 is 2.29 bits per heavy atom. The van der Waals surface area contributed by atoms with Gasteiger partial charge in [0.2, 0.25) is 10.0 Å². The van der Waals surface area contributed by atoms with Gasteiger partial charge in [0.25, 0.3) is 0 Å². The highest BCUT2D eigenvalue weighted by Gasteiger charge is 2.26. The number of aromatic nitrogens is 1. The van der Waals surface area contributed by atoms with E-state index in [-0.39, 0.29) is 18.5 Å². The van der Waals surface area contributed by atoms with Gasteiger partial charge < -0.3 is 10.5 Å². The normalized spacial score (nSPS) is 15.6. The predicted octanol–water partition coefficient (Wildman–Crippen LogP) is 0.453. The minimum Gasteiger partial charge on any atom is -0.486 e. The molecule has 0 aliphatic heterocycles. The standard InChI is InChI=1S/C10H15N3O3S/c1-17(14,15)13-10-9(16-8-2-3-8)7(6-11)4-5-12-10/h4-5,8H,2-3,6,11H2,1H3,(H,12,13). The van der Waals surface area contributed by atoms with E-state index in [0.717, 1.165) is 24.7 Å². The van der Waals surface area contributed by atoms with Crippen molar-refractivity contribution in [2.24, 2.45) is 5.73 Å². The van der Waals surface area contributed by atoms with E-state index in [1.165, 1.54) is 6.20 Å². The fraction of sp³-hybridized carbons (Fsp3) is 0.500. The van der Waals surface area contributed by atoms with Gasteiger partial charge in [-0.25, -0.2) is 13.4 Å². The fourth-order valence-electron chi connectivity index (χ4n) is 1.38. The van der Waals surface area contributed by atoms with E-state index in [9.17, 15) is 8.42 Å². The van der Waals surface area contributed by atoms with Crippen LogP contribution in [0.2, 0.25) is 0 Å². The van der Waals surface area contributed by atoms with Crippen LogP contribution >= 0.6 is 0 Å². The summed E-state index contributed by atoms with van der Waals surface area (Å²) in [5.74, 6) is 0.658. The quantitative estimate of drug-likeness (QED) is 0.798. The summed E-state index contributed by atoms with van der Waals surface area (Å²) in [4.78, 5) is 3.98. The highest BCUT2D eigenvalue weighted by molar-refractivity contribution is 7.92. The molecule has 0 radical (unpaired) electrons. The van der Waals surface area contributed by atoms with Crippen LogP contribution in [0.4, 0.5) is 5.82 Å². The number of nitrogens with two attached hydrogens (primary N) is 1. The predicted molar refractivity (Wildman–Crippen MR) is 64.2 cm³/mol. The van der Waals surface area contributed by atoms with Crippen molar-refractivity contribution in [3.8, 4) is 5.75 Å². The molecular formula is C10H15N3O3S. The molecule has 1 aromatic heterocycles. The number of hydrogen-bond acceptors (Lipinski definition) is 5. The Morgan fingerprint density at radius 3 is 2.82 bits per heavy atom. The van der Waals surface area contributed by atoms with Crippen LogP contribution in [0, 0.1) is 0 Å². The van der Waals surface area contributed by atoms with Gasteiger partial charge in [-0.2, -0.15) is 0 Å². The molecule has 1 saturated carbocycles.